The molecular formula is C20H20F2N2O6S. The van der Waals surface area contributed by atoms with E-state index in [1.807, 2.05) is 0 Å². The third-order valence-electron chi connectivity index (χ3n) is 4.62. The van der Waals surface area contributed by atoms with E-state index in [1.54, 1.807) is 0 Å². The number of amides is 1. The van der Waals surface area contributed by atoms with E-state index in [9.17, 15) is 26.8 Å². The zero-order valence-electron chi connectivity index (χ0n) is 16.6. The Morgan fingerprint density at radius 1 is 1.10 bits per heavy atom. The molecule has 1 saturated heterocycles. The average Bonchev–Trinajstić information content (AvgIpc) is 3.30. The number of hydrogen-bond acceptors (Lipinski definition) is 6. The van der Waals surface area contributed by atoms with Crippen molar-refractivity contribution < 1.29 is 36.3 Å². The number of hydrogen-bond donors (Lipinski definition) is 1. The van der Waals surface area contributed by atoms with Crippen LogP contribution in [-0.2, 0) is 19.6 Å². The molecule has 1 aliphatic rings. The van der Waals surface area contributed by atoms with Crippen molar-refractivity contribution in [2.45, 2.75) is 17.7 Å². The van der Waals surface area contributed by atoms with E-state index < -0.39 is 45.8 Å². The molecule has 0 radical (unpaired) electrons. The van der Waals surface area contributed by atoms with Crippen molar-refractivity contribution in [3.05, 3.63) is 53.6 Å². The number of sulfonamides is 1. The number of nitrogens with one attached hydrogen (secondary N) is 1. The zero-order valence-corrected chi connectivity index (χ0v) is 17.4. The third kappa shape index (κ3) is 5.17. The van der Waals surface area contributed by atoms with Gasteiger partial charge < -0.3 is 14.8 Å². The molecule has 0 aromatic heterocycles. The summed E-state index contributed by atoms with van der Waals surface area (Å²) in [6.07, 6.45) is 1.48. The Hall–Kier alpha value is -3.05. The molecule has 0 unspecified atom stereocenters. The van der Waals surface area contributed by atoms with Crippen LogP contribution in [0, 0.1) is 11.6 Å². The molecule has 0 aliphatic carbocycles. The van der Waals surface area contributed by atoms with Crippen molar-refractivity contribution in [1.82, 2.24) is 4.31 Å². The fourth-order valence-corrected chi connectivity index (χ4v) is 4.77. The summed E-state index contributed by atoms with van der Waals surface area (Å²) in [6.45, 7) is -0.0387. The number of rotatable bonds is 7. The monoisotopic (exact) mass is 454 g/mol. The SMILES string of the molecule is COc1ccc(C(=O)OCC(=O)Nc2cc(F)ccc2F)cc1S(=O)(=O)N1CCCC1. The van der Waals surface area contributed by atoms with Crippen LogP contribution in [0.1, 0.15) is 23.2 Å². The minimum Gasteiger partial charge on any atom is -0.495 e. The standard InChI is InChI=1S/C20H20F2N2O6S/c1-29-17-7-4-13(10-18(17)31(27,28)24-8-2-3-9-24)20(26)30-12-19(25)23-16-11-14(21)5-6-15(16)22/h4-7,10-11H,2-3,8-9,12H2,1H3,(H,23,25). The lowest BCUT2D eigenvalue weighted by Gasteiger charge is -2.18. The summed E-state index contributed by atoms with van der Waals surface area (Å²) in [5, 5.41) is 2.10. The minimum atomic E-state index is -3.87. The smallest absolute Gasteiger partial charge is 0.338 e. The fourth-order valence-electron chi connectivity index (χ4n) is 3.07. The number of ether oxygens (including phenoxy) is 2. The predicted molar refractivity (Wildman–Crippen MR) is 106 cm³/mol. The van der Waals surface area contributed by atoms with Crippen molar-refractivity contribution >= 4 is 27.6 Å². The Labute approximate surface area is 177 Å². The highest BCUT2D eigenvalue weighted by atomic mass is 32.2. The van der Waals surface area contributed by atoms with Crippen molar-refractivity contribution in [2.24, 2.45) is 0 Å². The molecule has 0 atom stereocenters. The molecule has 1 N–H and O–H groups in total. The Morgan fingerprint density at radius 2 is 1.81 bits per heavy atom. The van der Waals surface area contributed by atoms with Crippen LogP contribution in [0.15, 0.2) is 41.3 Å². The second kappa shape index (κ2) is 9.40. The van der Waals surface area contributed by atoms with E-state index in [0.29, 0.717) is 13.1 Å². The first-order chi connectivity index (χ1) is 14.7. The predicted octanol–water partition coefficient (Wildman–Crippen LogP) is 2.55. The van der Waals surface area contributed by atoms with Gasteiger partial charge in [-0.3, -0.25) is 4.79 Å². The van der Waals surface area contributed by atoms with E-state index in [4.69, 9.17) is 9.47 Å². The maximum Gasteiger partial charge on any atom is 0.338 e. The molecule has 3 rings (SSSR count). The molecule has 8 nitrogen and oxygen atoms in total. The Morgan fingerprint density at radius 3 is 2.48 bits per heavy atom. The number of carbonyl (C=O) groups excluding carboxylic acids is 2. The average molecular weight is 454 g/mol. The molecule has 1 amide bonds. The van der Waals surface area contributed by atoms with Crippen LogP contribution in [0.25, 0.3) is 0 Å². The lowest BCUT2D eigenvalue weighted by Crippen LogP contribution is -2.28. The largest absolute Gasteiger partial charge is 0.495 e. The maximum atomic E-state index is 13.6. The van der Waals surface area contributed by atoms with Gasteiger partial charge in [0.1, 0.15) is 22.3 Å². The lowest BCUT2D eigenvalue weighted by atomic mass is 10.2. The molecule has 1 heterocycles. The Balaban J connectivity index is 1.71. The first-order valence-corrected chi connectivity index (χ1v) is 10.8. The number of esters is 1. The molecule has 1 aliphatic heterocycles. The van der Waals surface area contributed by atoms with Gasteiger partial charge in [-0.05, 0) is 43.2 Å². The number of halogens is 2. The van der Waals surface area contributed by atoms with E-state index >= 15 is 0 Å². The van der Waals surface area contributed by atoms with Crippen molar-refractivity contribution in [3.63, 3.8) is 0 Å². The van der Waals surface area contributed by atoms with Crippen LogP contribution in [0.4, 0.5) is 14.5 Å². The molecule has 0 spiro atoms. The lowest BCUT2D eigenvalue weighted by molar-refractivity contribution is -0.119. The van der Waals surface area contributed by atoms with Gasteiger partial charge in [0.05, 0.1) is 18.4 Å². The second-order valence-corrected chi connectivity index (χ2v) is 8.63. The molecule has 1 fully saturated rings. The Bertz CT molecular complexity index is 1100. The second-order valence-electron chi connectivity index (χ2n) is 6.73. The number of methoxy groups -OCH3 is 1. The maximum absolute atomic E-state index is 13.6. The fraction of sp³-hybridized carbons (Fsp3) is 0.300. The summed E-state index contributed by atoms with van der Waals surface area (Å²) in [7, 11) is -2.56. The van der Waals surface area contributed by atoms with E-state index in [-0.39, 0.29) is 16.2 Å². The molecule has 2 aromatic carbocycles. The van der Waals surface area contributed by atoms with Crippen LogP contribution in [0.3, 0.4) is 0 Å². The quantitative estimate of drug-likeness (QED) is 0.646. The van der Waals surface area contributed by atoms with Crippen LogP contribution < -0.4 is 10.1 Å². The summed E-state index contributed by atoms with van der Waals surface area (Å²) < 4.78 is 63.8. The molecule has 166 valence electrons. The molecule has 11 heteroatoms. The minimum absolute atomic E-state index is 0.0720. The van der Waals surface area contributed by atoms with Crippen LogP contribution in [0.5, 0.6) is 5.75 Å². The van der Waals surface area contributed by atoms with E-state index in [2.05, 4.69) is 5.32 Å². The Kier molecular flexibility index (Phi) is 6.86. The first kappa shape index (κ1) is 22.6. The molecule has 31 heavy (non-hydrogen) atoms. The van der Waals surface area contributed by atoms with Crippen molar-refractivity contribution in [1.29, 1.82) is 0 Å². The number of benzene rings is 2. The highest BCUT2D eigenvalue weighted by Gasteiger charge is 2.31. The third-order valence-corrected chi connectivity index (χ3v) is 6.54. The van der Waals surface area contributed by atoms with Gasteiger partial charge in [0, 0.05) is 19.2 Å². The molecule has 0 saturated carbocycles. The van der Waals surface area contributed by atoms with Crippen molar-refractivity contribution in [2.75, 3.05) is 32.1 Å². The zero-order chi connectivity index (χ0) is 22.6. The summed E-state index contributed by atoms with van der Waals surface area (Å²) in [5.41, 5.74) is -0.507. The van der Waals surface area contributed by atoms with Gasteiger partial charge in [0.2, 0.25) is 10.0 Å². The van der Waals surface area contributed by atoms with Gasteiger partial charge in [0.25, 0.3) is 5.91 Å². The highest BCUT2D eigenvalue weighted by molar-refractivity contribution is 7.89. The van der Waals surface area contributed by atoms with Gasteiger partial charge in [-0.1, -0.05) is 0 Å². The van der Waals surface area contributed by atoms with Crippen LogP contribution >= 0.6 is 0 Å². The summed E-state index contributed by atoms with van der Waals surface area (Å²) >= 11 is 0. The van der Waals surface area contributed by atoms with E-state index in [0.717, 1.165) is 37.1 Å². The van der Waals surface area contributed by atoms with Crippen LogP contribution in [0.2, 0.25) is 0 Å². The summed E-state index contributed by atoms with van der Waals surface area (Å²) in [4.78, 5) is 24.1. The highest BCUT2D eigenvalue weighted by Crippen LogP contribution is 2.30. The molecule has 0 bridgehead atoms. The first-order valence-electron chi connectivity index (χ1n) is 9.32. The van der Waals surface area contributed by atoms with Gasteiger partial charge >= 0.3 is 5.97 Å². The van der Waals surface area contributed by atoms with Gasteiger partial charge in [-0.2, -0.15) is 4.31 Å². The van der Waals surface area contributed by atoms with Crippen LogP contribution in [-0.4, -0.2) is 51.4 Å². The van der Waals surface area contributed by atoms with Crippen molar-refractivity contribution in [3.8, 4) is 5.75 Å². The topological polar surface area (TPSA) is 102 Å². The number of nitrogens with zero attached hydrogens (tertiary/aromatic N) is 1. The van der Waals surface area contributed by atoms with E-state index in [1.165, 1.54) is 23.5 Å². The van der Waals surface area contributed by atoms with Gasteiger partial charge in [-0.15, -0.1) is 0 Å². The van der Waals surface area contributed by atoms with Gasteiger partial charge in [0.15, 0.2) is 6.61 Å². The summed E-state index contributed by atoms with van der Waals surface area (Å²) in [6, 6.07) is 6.27. The summed E-state index contributed by atoms with van der Waals surface area (Å²) in [5.74, 6) is -3.39. The number of anilines is 1. The van der Waals surface area contributed by atoms with Gasteiger partial charge in [-0.25, -0.2) is 22.0 Å². The normalized spacial score (nSPS) is 14.3. The molecular weight excluding hydrogens is 434 g/mol. The number of carbonyl (C=O) groups is 2. The molecule has 2 aromatic rings.